The molecule has 1 aromatic heterocycles. The van der Waals surface area contributed by atoms with Gasteiger partial charge >= 0.3 is 0 Å². The predicted molar refractivity (Wildman–Crippen MR) is 66.5 cm³/mol. The van der Waals surface area contributed by atoms with Crippen molar-refractivity contribution in [3.8, 4) is 0 Å². The Morgan fingerprint density at radius 2 is 2.18 bits per heavy atom. The Morgan fingerprint density at radius 3 is 2.76 bits per heavy atom. The molecule has 4 heteroatoms. The fourth-order valence-corrected chi connectivity index (χ4v) is 1.54. The van der Waals surface area contributed by atoms with Crippen LogP contribution < -0.4 is 5.32 Å². The second-order valence-corrected chi connectivity index (χ2v) is 3.55. The van der Waals surface area contributed by atoms with Crippen LogP contribution in [0.3, 0.4) is 0 Å². The van der Waals surface area contributed by atoms with Crippen LogP contribution in [0.15, 0.2) is 61.7 Å². The molecule has 0 saturated carbocycles. The minimum atomic E-state index is -0.447. The van der Waals surface area contributed by atoms with E-state index in [2.05, 4.69) is 16.9 Å². The first-order valence-corrected chi connectivity index (χ1v) is 5.27. The summed E-state index contributed by atoms with van der Waals surface area (Å²) in [5, 5.41) is 2.82. The lowest BCUT2D eigenvalue weighted by atomic mass is 10.2. The summed E-state index contributed by atoms with van der Waals surface area (Å²) >= 11 is 0. The molecule has 1 aromatic carbocycles. The van der Waals surface area contributed by atoms with Gasteiger partial charge in [-0.2, -0.15) is 0 Å². The zero-order valence-corrected chi connectivity index (χ0v) is 9.28. The molecule has 2 aromatic rings. The Hall–Kier alpha value is -2.36. The summed E-state index contributed by atoms with van der Waals surface area (Å²) in [6.45, 7) is 3.67. The van der Waals surface area contributed by atoms with E-state index in [1.165, 1.54) is 0 Å². The molecule has 0 radical (unpaired) electrons. The van der Waals surface area contributed by atoms with Gasteiger partial charge in [-0.3, -0.25) is 4.79 Å². The van der Waals surface area contributed by atoms with Crippen LogP contribution in [0.1, 0.15) is 6.04 Å². The number of aromatic nitrogens is 2. The van der Waals surface area contributed by atoms with Crippen LogP contribution in [-0.4, -0.2) is 15.5 Å². The molecule has 0 spiro atoms. The van der Waals surface area contributed by atoms with Gasteiger partial charge in [0, 0.05) is 18.1 Å². The maximum Gasteiger partial charge on any atom is 0.251 e. The van der Waals surface area contributed by atoms with Crippen molar-refractivity contribution in [3.05, 3.63) is 61.7 Å². The summed E-state index contributed by atoms with van der Waals surface area (Å²) in [5.41, 5.74) is 0.768. The first-order valence-electron chi connectivity index (χ1n) is 5.27. The van der Waals surface area contributed by atoms with Gasteiger partial charge in [0.05, 0.1) is 6.33 Å². The maximum atomic E-state index is 12.0. The third-order valence-corrected chi connectivity index (χ3v) is 2.38. The van der Waals surface area contributed by atoms with Gasteiger partial charge in [-0.25, -0.2) is 4.98 Å². The number of nitrogens with one attached hydrogen (secondary N) is 1. The Morgan fingerprint density at radius 1 is 1.41 bits per heavy atom. The monoisotopic (exact) mass is 227 g/mol. The van der Waals surface area contributed by atoms with Gasteiger partial charge in [0.1, 0.15) is 6.04 Å². The van der Waals surface area contributed by atoms with Crippen molar-refractivity contribution < 1.29 is 4.79 Å². The van der Waals surface area contributed by atoms with E-state index in [4.69, 9.17) is 0 Å². The highest BCUT2D eigenvalue weighted by atomic mass is 16.2. The maximum absolute atomic E-state index is 12.0. The minimum absolute atomic E-state index is 0.135. The molecule has 1 N–H and O–H groups in total. The molecule has 86 valence electrons. The molecule has 1 amide bonds. The zero-order chi connectivity index (χ0) is 12.1. The lowest BCUT2D eigenvalue weighted by Crippen LogP contribution is -2.23. The molecule has 0 bridgehead atoms. The van der Waals surface area contributed by atoms with Crippen molar-refractivity contribution in [3.63, 3.8) is 0 Å². The van der Waals surface area contributed by atoms with E-state index in [1.54, 1.807) is 29.4 Å². The lowest BCUT2D eigenvalue weighted by Gasteiger charge is -2.13. The van der Waals surface area contributed by atoms with E-state index < -0.39 is 6.04 Å². The van der Waals surface area contributed by atoms with E-state index in [1.807, 2.05) is 30.3 Å². The second kappa shape index (κ2) is 5.12. The van der Waals surface area contributed by atoms with Crippen LogP contribution in [0.4, 0.5) is 5.69 Å². The van der Waals surface area contributed by atoms with Crippen molar-refractivity contribution in [1.82, 2.24) is 9.55 Å². The van der Waals surface area contributed by atoms with E-state index >= 15 is 0 Å². The summed E-state index contributed by atoms with van der Waals surface area (Å²) in [7, 11) is 0. The molecule has 0 aliphatic heterocycles. The number of anilines is 1. The number of para-hydroxylation sites is 1. The van der Waals surface area contributed by atoms with Crippen LogP contribution in [0, 0.1) is 0 Å². The third-order valence-electron chi connectivity index (χ3n) is 2.38. The number of hydrogen-bond acceptors (Lipinski definition) is 2. The molecule has 0 aliphatic carbocycles. The number of imidazole rings is 1. The first kappa shape index (κ1) is 11.1. The fraction of sp³-hybridized carbons (Fsp3) is 0.0769. The highest BCUT2D eigenvalue weighted by Gasteiger charge is 2.15. The number of carbonyl (C=O) groups excluding carboxylic acids is 1. The number of rotatable bonds is 4. The fourth-order valence-electron chi connectivity index (χ4n) is 1.54. The average molecular weight is 227 g/mol. The standard InChI is InChI=1S/C13H13N3O/c1-2-12(16-9-8-14-10-16)13(17)15-11-6-4-3-5-7-11/h2-10,12H,1H2,(H,15,17). The molecule has 1 heterocycles. The number of hydrogen-bond donors (Lipinski definition) is 1. The second-order valence-electron chi connectivity index (χ2n) is 3.55. The zero-order valence-electron chi connectivity index (χ0n) is 9.28. The van der Waals surface area contributed by atoms with Crippen LogP contribution in [0.5, 0.6) is 0 Å². The van der Waals surface area contributed by atoms with Gasteiger partial charge in [-0.05, 0) is 12.1 Å². The van der Waals surface area contributed by atoms with Gasteiger partial charge in [-0.15, -0.1) is 6.58 Å². The number of benzene rings is 1. The van der Waals surface area contributed by atoms with E-state index in [-0.39, 0.29) is 5.91 Å². The van der Waals surface area contributed by atoms with Gasteiger partial charge in [0.2, 0.25) is 0 Å². The summed E-state index contributed by atoms with van der Waals surface area (Å²) < 4.78 is 1.70. The van der Waals surface area contributed by atoms with E-state index in [0.29, 0.717) is 0 Å². The normalized spacial score (nSPS) is 11.8. The SMILES string of the molecule is C=CC(C(=O)Nc1ccccc1)n1ccnc1. The van der Waals surface area contributed by atoms with Crippen molar-refractivity contribution in [2.45, 2.75) is 6.04 Å². The Bertz CT molecular complexity index is 491. The number of nitrogens with zero attached hydrogens (tertiary/aromatic N) is 2. The van der Waals surface area contributed by atoms with Crippen LogP contribution in [0.2, 0.25) is 0 Å². The van der Waals surface area contributed by atoms with Crippen molar-refractivity contribution in [1.29, 1.82) is 0 Å². The molecule has 4 nitrogen and oxygen atoms in total. The van der Waals surface area contributed by atoms with Gasteiger partial charge in [0.15, 0.2) is 0 Å². The quantitative estimate of drug-likeness (QED) is 0.814. The highest BCUT2D eigenvalue weighted by Crippen LogP contribution is 2.12. The number of carbonyl (C=O) groups is 1. The van der Waals surface area contributed by atoms with Crippen molar-refractivity contribution in [2.24, 2.45) is 0 Å². The van der Waals surface area contributed by atoms with Gasteiger partial charge in [0.25, 0.3) is 5.91 Å². The molecule has 17 heavy (non-hydrogen) atoms. The number of amides is 1. The Balaban J connectivity index is 2.11. The topological polar surface area (TPSA) is 46.9 Å². The van der Waals surface area contributed by atoms with Crippen LogP contribution in [0.25, 0.3) is 0 Å². The highest BCUT2D eigenvalue weighted by molar-refractivity contribution is 5.94. The molecular weight excluding hydrogens is 214 g/mol. The first-order chi connectivity index (χ1) is 8.31. The van der Waals surface area contributed by atoms with Crippen molar-refractivity contribution >= 4 is 11.6 Å². The van der Waals surface area contributed by atoms with Gasteiger partial charge in [-0.1, -0.05) is 24.3 Å². The minimum Gasteiger partial charge on any atom is -0.324 e. The molecule has 1 atom stereocenters. The average Bonchev–Trinajstić information content (AvgIpc) is 2.85. The van der Waals surface area contributed by atoms with E-state index in [0.717, 1.165) is 5.69 Å². The van der Waals surface area contributed by atoms with Crippen LogP contribution >= 0.6 is 0 Å². The summed E-state index contributed by atoms with van der Waals surface area (Å²) in [4.78, 5) is 15.9. The lowest BCUT2D eigenvalue weighted by molar-refractivity contribution is -0.118. The molecular formula is C13H13N3O. The molecule has 0 aliphatic rings. The van der Waals surface area contributed by atoms with E-state index in [9.17, 15) is 4.79 Å². The largest absolute Gasteiger partial charge is 0.324 e. The molecule has 0 saturated heterocycles. The summed E-state index contributed by atoms with van der Waals surface area (Å²) in [6.07, 6.45) is 6.54. The predicted octanol–water partition coefficient (Wildman–Crippen LogP) is 2.25. The molecule has 0 fully saturated rings. The molecule has 1 unspecified atom stereocenters. The Kier molecular flexibility index (Phi) is 3.35. The molecule has 2 rings (SSSR count). The summed E-state index contributed by atoms with van der Waals surface area (Å²) in [6, 6.07) is 8.87. The third kappa shape index (κ3) is 2.60. The Labute approximate surface area is 99.6 Å². The summed E-state index contributed by atoms with van der Waals surface area (Å²) in [5.74, 6) is -0.135. The smallest absolute Gasteiger partial charge is 0.251 e. The van der Waals surface area contributed by atoms with Crippen LogP contribution in [-0.2, 0) is 4.79 Å². The van der Waals surface area contributed by atoms with Gasteiger partial charge < -0.3 is 9.88 Å². The van der Waals surface area contributed by atoms with Crippen molar-refractivity contribution in [2.75, 3.05) is 5.32 Å².